The second-order valence-corrected chi connectivity index (χ2v) is 6.50. The molecule has 1 unspecified atom stereocenters. The Hall–Kier alpha value is -1.10. The minimum absolute atomic E-state index is 0.0157. The van der Waals surface area contributed by atoms with Crippen molar-refractivity contribution in [1.29, 1.82) is 0 Å². The fourth-order valence-corrected chi connectivity index (χ4v) is 2.45. The molecule has 1 heterocycles. The zero-order chi connectivity index (χ0) is 15.3. The molecule has 1 aliphatic rings. The molecule has 0 aromatic heterocycles. The zero-order valence-corrected chi connectivity index (χ0v) is 13.4. The summed E-state index contributed by atoms with van der Waals surface area (Å²) in [5.41, 5.74) is -0.234. The predicted molar refractivity (Wildman–Crippen MR) is 78.3 cm³/mol. The first-order chi connectivity index (χ1) is 9.24. The maximum absolute atomic E-state index is 12.2. The minimum atomic E-state index is -0.234. The van der Waals surface area contributed by atoms with Gasteiger partial charge >= 0.3 is 5.97 Å². The number of piperidine rings is 1. The number of carbonyl (C=O) groups is 2. The van der Waals surface area contributed by atoms with Crippen molar-refractivity contribution in [1.82, 2.24) is 10.2 Å². The molecule has 2 atom stereocenters. The fraction of sp³-hybridized carbons (Fsp3) is 0.867. The molecular formula is C15H28N2O3. The van der Waals surface area contributed by atoms with Crippen LogP contribution in [0.1, 0.15) is 47.5 Å². The number of nitrogens with zero attached hydrogens (tertiary/aromatic N) is 1. The number of ether oxygens (including phenoxy) is 1. The van der Waals surface area contributed by atoms with Gasteiger partial charge < -0.3 is 10.1 Å². The van der Waals surface area contributed by atoms with Crippen LogP contribution in [-0.4, -0.2) is 48.1 Å². The fourth-order valence-electron chi connectivity index (χ4n) is 2.45. The van der Waals surface area contributed by atoms with E-state index in [1.807, 2.05) is 34.6 Å². The van der Waals surface area contributed by atoms with E-state index in [1.54, 1.807) is 0 Å². The van der Waals surface area contributed by atoms with Gasteiger partial charge in [-0.1, -0.05) is 0 Å². The van der Waals surface area contributed by atoms with E-state index in [9.17, 15) is 9.59 Å². The number of hydrogen-bond acceptors (Lipinski definition) is 4. The molecular weight excluding hydrogens is 256 g/mol. The monoisotopic (exact) mass is 284 g/mol. The molecule has 0 radical (unpaired) electrons. The molecule has 0 aromatic rings. The maximum atomic E-state index is 12.2. The Balaban J connectivity index is 2.58. The number of rotatable bonds is 4. The summed E-state index contributed by atoms with van der Waals surface area (Å²) in [6, 6.07) is -0.216. The number of likely N-dealkylation sites (tertiary alicyclic amines) is 1. The Bertz CT molecular complexity index is 350. The highest BCUT2D eigenvalue weighted by Gasteiger charge is 2.32. The number of hydrogen-bond donors (Lipinski definition) is 1. The topological polar surface area (TPSA) is 58.6 Å². The Morgan fingerprint density at radius 3 is 2.60 bits per heavy atom. The Kier molecular flexibility index (Phi) is 5.99. The SMILES string of the molecule is CCOC(=O)[C@H]1CCCN(C(C)C(=O)NC(C)(C)C)C1. The van der Waals surface area contributed by atoms with Crippen molar-refractivity contribution in [3.05, 3.63) is 0 Å². The molecule has 5 heteroatoms. The van der Waals surface area contributed by atoms with Crippen molar-refractivity contribution in [2.75, 3.05) is 19.7 Å². The Morgan fingerprint density at radius 1 is 1.40 bits per heavy atom. The third kappa shape index (κ3) is 5.12. The van der Waals surface area contributed by atoms with Crippen molar-refractivity contribution in [2.24, 2.45) is 5.92 Å². The van der Waals surface area contributed by atoms with Crippen LogP contribution in [0.15, 0.2) is 0 Å². The standard InChI is InChI=1S/C15H28N2O3/c1-6-20-14(19)12-8-7-9-17(10-12)11(2)13(18)16-15(3,4)5/h11-12H,6-10H2,1-5H3,(H,16,18)/t11?,12-/m0/s1. The zero-order valence-electron chi connectivity index (χ0n) is 13.4. The number of nitrogens with one attached hydrogen (secondary N) is 1. The molecule has 1 saturated heterocycles. The van der Waals surface area contributed by atoms with Crippen LogP contribution in [0.4, 0.5) is 0 Å². The van der Waals surface area contributed by atoms with Gasteiger partial charge in [-0.05, 0) is 54.0 Å². The Morgan fingerprint density at radius 2 is 2.05 bits per heavy atom. The van der Waals surface area contributed by atoms with Crippen LogP contribution in [0.5, 0.6) is 0 Å². The molecule has 0 aromatic carbocycles. The van der Waals surface area contributed by atoms with Gasteiger partial charge in [0.05, 0.1) is 18.6 Å². The lowest BCUT2D eigenvalue weighted by Gasteiger charge is -2.36. The molecule has 116 valence electrons. The normalized spacial score (nSPS) is 22.1. The summed E-state index contributed by atoms with van der Waals surface area (Å²) in [4.78, 5) is 26.1. The summed E-state index contributed by atoms with van der Waals surface area (Å²) in [6.07, 6.45) is 1.78. The van der Waals surface area contributed by atoms with Gasteiger partial charge in [0.25, 0.3) is 0 Å². The average Bonchev–Trinajstić information content (AvgIpc) is 2.36. The molecule has 1 amide bonds. The first-order valence-corrected chi connectivity index (χ1v) is 7.47. The smallest absolute Gasteiger partial charge is 0.310 e. The van der Waals surface area contributed by atoms with E-state index in [-0.39, 0.29) is 29.4 Å². The van der Waals surface area contributed by atoms with Crippen LogP contribution in [0.2, 0.25) is 0 Å². The first kappa shape index (κ1) is 17.0. The van der Waals surface area contributed by atoms with E-state index in [0.717, 1.165) is 19.4 Å². The van der Waals surface area contributed by atoms with E-state index in [2.05, 4.69) is 10.2 Å². The van der Waals surface area contributed by atoms with E-state index in [1.165, 1.54) is 0 Å². The average molecular weight is 284 g/mol. The van der Waals surface area contributed by atoms with Gasteiger partial charge in [0.15, 0.2) is 0 Å². The molecule has 0 spiro atoms. The van der Waals surface area contributed by atoms with Crippen LogP contribution in [0.25, 0.3) is 0 Å². The number of amides is 1. The maximum Gasteiger partial charge on any atom is 0.310 e. The van der Waals surface area contributed by atoms with Crippen LogP contribution in [-0.2, 0) is 14.3 Å². The Labute approximate surface area is 122 Å². The molecule has 1 fully saturated rings. The third-order valence-corrected chi connectivity index (χ3v) is 3.50. The summed E-state index contributed by atoms with van der Waals surface area (Å²) >= 11 is 0. The molecule has 0 aliphatic carbocycles. The molecule has 0 bridgehead atoms. The van der Waals surface area contributed by atoms with E-state index in [0.29, 0.717) is 13.2 Å². The summed E-state index contributed by atoms with van der Waals surface area (Å²) in [5, 5.41) is 2.99. The lowest BCUT2D eigenvalue weighted by molar-refractivity contribution is -0.151. The highest BCUT2D eigenvalue weighted by Crippen LogP contribution is 2.20. The highest BCUT2D eigenvalue weighted by molar-refractivity contribution is 5.82. The number of carbonyl (C=O) groups excluding carboxylic acids is 2. The quantitative estimate of drug-likeness (QED) is 0.796. The largest absolute Gasteiger partial charge is 0.466 e. The van der Waals surface area contributed by atoms with Crippen molar-refractivity contribution in [3.63, 3.8) is 0 Å². The lowest BCUT2D eigenvalue weighted by atomic mass is 9.96. The summed E-state index contributed by atoms with van der Waals surface area (Å²) in [5.74, 6) is -0.226. The van der Waals surface area contributed by atoms with E-state index >= 15 is 0 Å². The molecule has 0 saturated carbocycles. The van der Waals surface area contributed by atoms with Crippen LogP contribution >= 0.6 is 0 Å². The van der Waals surface area contributed by atoms with Crippen molar-refractivity contribution < 1.29 is 14.3 Å². The van der Waals surface area contributed by atoms with Gasteiger partial charge in [-0.3, -0.25) is 14.5 Å². The van der Waals surface area contributed by atoms with Gasteiger partial charge in [-0.25, -0.2) is 0 Å². The lowest BCUT2D eigenvalue weighted by Crippen LogP contribution is -2.53. The second kappa shape index (κ2) is 7.07. The van der Waals surface area contributed by atoms with Crippen LogP contribution in [0.3, 0.4) is 0 Å². The molecule has 1 aliphatic heterocycles. The summed E-state index contributed by atoms with van der Waals surface area (Å²) < 4.78 is 5.08. The van der Waals surface area contributed by atoms with Crippen molar-refractivity contribution in [3.8, 4) is 0 Å². The minimum Gasteiger partial charge on any atom is -0.466 e. The highest BCUT2D eigenvalue weighted by atomic mass is 16.5. The van der Waals surface area contributed by atoms with Gasteiger partial charge in [-0.15, -0.1) is 0 Å². The molecule has 20 heavy (non-hydrogen) atoms. The van der Waals surface area contributed by atoms with E-state index < -0.39 is 0 Å². The van der Waals surface area contributed by atoms with Gasteiger partial charge in [0.1, 0.15) is 0 Å². The van der Waals surface area contributed by atoms with Gasteiger partial charge in [0, 0.05) is 12.1 Å². The van der Waals surface area contributed by atoms with Crippen molar-refractivity contribution in [2.45, 2.75) is 59.0 Å². The third-order valence-electron chi connectivity index (χ3n) is 3.50. The number of esters is 1. The molecule has 5 nitrogen and oxygen atoms in total. The van der Waals surface area contributed by atoms with Gasteiger partial charge in [-0.2, -0.15) is 0 Å². The second-order valence-electron chi connectivity index (χ2n) is 6.50. The van der Waals surface area contributed by atoms with Crippen molar-refractivity contribution >= 4 is 11.9 Å². The summed E-state index contributed by atoms with van der Waals surface area (Å²) in [6.45, 7) is 11.5. The predicted octanol–water partition coefficient (Wildman–Crippen LogP) is 1.56. The van der Waals surface area contributed by atoms with Crippen LogP contribution in [0, 0.1) is 5.92 Å². The first-order valence-electron chi connectivity index (χ1n) is 7.47. The van der Waals surface area contributed by atoms with Crippen LogP contribution < -0.4 is 5.32 Å². The summed E-state index contributed by atoms with van der Waals surface area (Å²) in [7, 11) is 0. The molecule has 1 rings (SSSR count). The van der Waals surface area contributed by atoms with E-state index in [4.69, 9.17) is 4.74 Å². The molecule has 1 N–H and O–H groups in total. The van der Waals surface area contributed by atoms with Gasteiger partial charge in [0.2, 0.25) is 5.91 Å².